The maximum Gasteiger partial charge on any atom is 0.170 e. The van der Waals surface area contributed by atoms with Gasteiger partial charge in [0, 0.05) is 5.56 Å². The number of rotatable bonds is 4. The number of halogens is 3. The number of hydrogen-bond donors (Lipinski definition) is 2. The van der Waals surface area contributed by atoms with Crippen LogP contribution in [-0.2, 0) is 6.61 Å². The monoisotopic (exact) mass is 328 g/mol. The average Bonchev–Trinajstić information content (AvgIpc) is 2.45. The zero-order valence-electron chi connectivity index (χ0n) is 10.7. The number of nitrogens with zero attached hydrogens (tertiary/aromatic N) is 1. The van der Waals surface area contributed by atoms with E-state index in [2.05, 4.69) is 5.16 Å². The van der Waals surface area contributed by atoms with Crippen LogP contribution in [0.15, 0.2) is 41.6 Å². The zero-order valence-corrected chi connectivity index (χ0v) is 12.2. The summed E-state index contributed by atoms with van der Waals surface area (Å²) in [7, 11) is 0. The van der Waals surface area contributed by atoms with Crippen molar-refractivity contribution in [3.8, 4) is 5.75 Å². The highest BCUT2D eigenvalue weighted by Crippen LogP contribution is 2.32. The lowest BCUT2D eigenvalue weighted by molar-refractivity contribution is 0.306. The highest BCUT2D eigenvalue weighted by atomic mass is 35.5. The van der Waals surface area contributed by atoms with Crippen LogP contribution in [0.4, 0.5) is 4.39 Å². The molecule has 0 atom stereocenters. The molecule has 0 heterocycles. The molecule has 4 nitrogen and oxygen atoms in total. The van der Waals surface area contributed by atoms with E-state index in [0.717, 1.165) is 6.07 Å². The van der Waals surface area contributed by atoms with Gasteiger partial charge in [-0.15, -0.1) is 0 Å². The van der Waals surface area contributed by atoms with Crippen LogP contribution in [0, 0.1) is 5.82 Å². The van der Waals surface area contributed by atoms with E-state index in [1.807, 2.05) is 0 Å². The van der Waals surface area contributed by atoms with Gasteiger partial charge in [0.1, 0.15) is 12.4 Å². The van der Waals surface area contributed by atoms with Crippen LogP contribution in [-0.4, -0.2) is 11.0 Å². The smallest absolute Gasteiger partial charge is 0.170 e. The van der Waals surface area contributed by atoms with E-state index < -0.39 is 5.82 Å². The fourth-order valence-electron chi connectivity index (χ4n) is 1.72. The molecular weight excluding hydrogens is 318 g/mol. The van der Waals surface area contributed by atoms with E-state index in [-0.39, 0.29) is 18.0 Å². The Morgan fingerprint density at radius 2 is 1.90 bits per heavy atom. The summed E-state index contributed by atoms with van der Waals surface area (Å²) in [5, 5.41) is 12.2. The number of oxime groups is 1. The van der Waals surface area contributed by atoms with Gasteiger partial charge in [-0.2, -0.15) is 0 Å². The predicted octanol–water partition coefficient (Wildman–Crippen LogP) is 3.81. The third-order valence-corrected chi connectivity index (χ3v) is 3.26. The van der Waals surface area contributed by atoms with Crippen molar-refractivity contribution < 1.29 is 14.3 Å². The van der Waals surface area contributed by atoms with Crippen LogP contribution >= 0.6 is 23.2 Å². The topological polar surface area (TPSA) is 67.8 Å². The first-order valence-electron chi connectivity index (χ1n) is 5.85. The molecule has 0 bridgehead atoms. The lowest BCUT2D eigenvalue weighted by Gasteiger charge is -2.10. The Morgan fingerprint density at radius 3 is 2.52 bits per heavy atom. The van der Waals surface area contributed by atoms with Crippen molar-refractivity contribution in [1.29, 1.82) is 0 Å². The molecule has 0 saturated carbocycles. The number of hydrogen-bond acceptors (Lipinski definition) is 3. The molecule has 2 aromatic carbocycles. The largest absolute Gasteiger partial charge is 0.486 e. The van der Waals surface area contributed by atoms with Gasteiger partial charge in [-0.3, -0.25) is 0 Å². The minimum atomic E-state index is -0.525. The van der Waals surface area contributed by atoms with E-state index in [0.29, 0.717) is 21.4 Å². The third kappa shape index (κ3) is 3.77. The molecule has 0 aromatic heterocycles. The molecule has 2 aromatic rings. The Labute approximate surface area is 130 Å². The summed E-state index contributed by atoms with van der Waals surface area (Å²) in [4.78, 5) is 0. The van der Waals surface area contributed by atoms with Crippen molar-refractivity contribution in [1.82, 2.24) is 0 Å². The molecule has 0 aliphatic carbocycles. The summed E-state index contributed by atoms with van der Waals surface area (Å²) < 4.78 is 19.0. The van der Waals surface area contributed by atoms with Crippen molar-refractivity contribution in [2.75, 3.05) is 0 Å². The Kier molecular flexibility index (Phi) is 4.88. The quantitative estimate of drug-likeness (QED) is 0.388. The first kappa shape index (κ1) is 15.4. The fraction of sp³-hybridized carbons (Fsp3) is 0.0714. The van der Waals surface area contributed by atoms with Gasteiger partial charge in [-0.25, -0.2) is 4.39 Å². The van der Waals surface area contributed by atoms with Gasteiger partial charge < -0.3 is 15.7 Å². The zero-order chi connectivity index (χ0) is 15.4. The summed E-state index contributed by atoms with van der Waals surface area (Å²) in [5.41, 5.74) is 6.18. The molecule has 0 aliphatic heterocycles. The summed E-state index contributed by atoms with van der Waals surface area (Å²) in [6.07, 6.45) is 0. The summed E-state index contributed by atoms with van der Waals surface area (Å²) >= 11 is 12.0. The van der Waals surface area contributed by atoms with Crippen molar-refractivity contribution in [2.45, 2.75) is 6.61 Å². The number of nitrogens with two attached hydrogens (primary N) is 1. The Balaban J connectivity index is 2.22. The van der Waals surface area contributed by atoms with E-state index in [1.54, 1.807) is 24.3 Å². The van der Waals surface area contributed by atoms with Gasteiger partial charge in [-0.05, 0) is 35.9 Å². The van der Waals surface area contributed by atoms with Crippen LogP contribution in [0.25, 0.3) is 0 Å². The molecule has 0 saturated heterocycles. The molecule has 0 radical (unpaired) electrons. The van der Waals surface area contributed by atoms with E-state index in [9.17, 15) is 4.39 Å². The Morgan fingerprint density at radius 1 is 1.24 bits per heavy atom. The fourth-order valence-corrected chi connectivity index (χ4v) is 2.22. The van der Waals surface area contributed by atoms with Gasteiger partial charge in [0.25, 0.3) is 0 Å². The highest BCUT2D eigenvalue weighted by molar-refractivity contribution is 6.37. The maximum absolute atomic E-state index is 13.5. The highest BCUT2D eigenvalue weighted by Gasteiger charge is 2.09. The first-order chi connectivity index (χ1) is 10.0. The average molecular weight is 329 g/mol. The van der Waals surface area contributed by atoms with Gasteiger partial charge in [0.05, 0.1) is 10.0 Å². The van der Waals surface area contributed by atoms with Gasteiger partial charge in [0.2, 0.25) is 0 Å². The summed E-state index contributed by atoms with van der Waals surface area (Å²) in [6.45, 7) is 0.0346. The molecule has 0 amide bonds. The first-order valence-corrected chi connectivity index (χ1v) is 6.61. The lowest BCUT2D eigenvalue weighted by atomic mass is 10.1. The van der Waals surface area contributed by atoms with Crippen LogP contribution in [0.3, 0.4) is 0 Å². The van der Waals surface area contributed by atoms with Gasteiger partial charge in [-0.1, -0.05) is 34.4 Å². The van der Waals surface area contributed by atoms with Crippen LogP contribution < -0.4 is 10.5 Å². The van der Waals surface area contributed by atoms with Crippen molar-refractivity contribution in [3.63, 3.8) is 0 Å². The van der Waals surface area contributed by atoms with Gasteiger partial charge >= 0.3 is 0 Å². The molecule has 21 heavy (non-hydrogen) atoms. The molecule has 0 spiro atoms. The molecule has 2 rings (SSSR count). The normalized spacial score (nSPS) is 11.5. The van der Waals surface area contributed by atoms with E-state index in [4.69, 9.17) is 38.9 Å². The van der Waals surface area contributed by atoms with E-state index >= 15 is 0 Å². The standard InChI is InChI=1S/C14H11Cl2FN2O2/c15-11-2-1-3-12(16)13(11)21-7-8-4-9(14(18)19-20)6-10(17)5-8/h1-6,20H,7H2,(H2,18,19). The molecule has 0 aliphatic rings. The van der Waals surface area contributed by atoms with Crippen molar-refractivity contribution in [2.24, 2.45) is 10.9 Å². The second kappa shape index (κ2) is 6.65. The number of benzene rings is 2. The minimum absolute atomic E-state index is 0.0346. The number of amidine groups is 1. The van der Waals surface area contributed by atoms with Crippen LogP contribution in [0.2, 0.25) is 10.0 Å². The number of para-hydroxylation sites is 1. The van der Waals surface area contributed by atoms with Crippen molar-refractivity contribution >= 4 is 29.0 Å². The van der Waals surface area contributed by atoms with E-state index in [1.165, 1.54) is 6.07 Å². The molecule has 110 valence electrons. The summed E-state index contributed by atoms with van der Waals surface area (Å²) in [5.74, 6) is -0.398. The summed E-state index contributed by atoms with van der Waals surface area (Å²) in [6, 6.07) is 8.94. The molecular formula is C14H11Cl2FN2O2. The SMILES string of the molecule is N/C(=N/O)c1cc(F)cc(COc2c(Cl)cccc2Cl)c1. The predicted molar refractivity (Wildman–Crippen MR) is 79.7 cm³/mol. The number of ether oxygens (including phenoxy) is 1. The van der Waals surface area contributed by atoms with Crippen LogP contribution in [0.1, 0.15) is 11.1 Å². The lowest BCUT2D eigenvalue weighted by Crippen LogP contribution is -2.14. The second-order valence-electron chi connectivity index (χ2n) is 4.17. The third-order valence-electron chi connectivity index (χ3n) is 2.66. The molecule has 0 fully saturated rings. The Bertz CT molecular complexity index is 672. The minimum Gasteiger partial charge on any atom is -0.486 e. The second-order valence-corrected chi connectivity index (χ2v) is 4.99. The maximum atomic E-state index is 13.5. The van der Waals surface area contributed by atoms with Crippen LogP contribution in [0.5, 0.6) is 5.75 Å². The Hall–Kier alpha value is -1.98. The van der Waals surface area contributed by atoms with Crippen molar-refractivity contribution in [3.05, 3.63) is 63.4 Å². The van der Waals surface area contributed by atoms with Gasteiger partial charge in [0.15, 0.2) is 11.6 Å². The molecule has 0 unspecified atom stereocenters. The molecule has 3 N–H and O–H groups in total. The molecule has 7 heteroatoms.